The third kappa shape index (κ3) is 5.21. The van der Waals surface area contributed by atoms with Crippen LogP contribution in [-0.4, -0.2) is 13.1 Å². The fraction of sp³-hybridized carbons (Fsp3) is 0.375. The lowest BCUT2D eigenvalue weighted by molar-refractivity contribution is -0.134. The van der Waals surface area contributed by atoms with Crippen LogP contribution in [0.15, 0.2) is 23.9 Å². The second-order valence-corrected chi connectivity index (χ2v) is 2.38. The second-order valence-electron chi connectivity index (χ2n) is 2.38. The van der Waals surface area contributed by atoms with Crippen molar-refractivity contribution in [2.45, 2.75) is 13.3 Å². The molecule has 0 aliphatic rings. The van der Waals surface area contributed by atoms with Crippen molar-refractivity contribution in [1.29, 1.82) is 0 Å². The Bertz CT molecular complexity index is 194. The molecule has 0 radical (unpaired) electrons. The lowest BCUT2D eigenvalue weighted by Gasteiger charge is -1.98. The molecule has 3 heteroatoms. The quantitative estimate of drug-likeness (QED) is 0.375. The van der Waals surface area contributed by atoms with Crippen molar-refractivity contribution in [3.63, 3.8) is 0 Å². The maximum absolute atomic E-state index is 10.6. The van der Waals surface area contributed by atoms with Gasteiger partial charge in [0.05, 0.1) is 7.11 Å². The Hall–Kier alpha value is -1.25. The first-order valence-electron chi connectivity index (χ1n) is 3.24. The van der Waals surface area contributed by atoms with Gasteiger partial charge in [-0.15, -0.1) is 0 Å². The van der Waals surface area contributed by atoms with E-state index in [0.717, 1.165) is 5.57 Å². The molecule has 0 heterocycles. The van der Waals surface area contributed by atoms with Gasteiger partial charge >= 0.3 is 5.97 Å². The summed E-state index contributed by atoms with van der Waals surface area (Å²) >= 11 is 0. The van der Waals surface area contributed by atoms with E-state index in [4.69, 9.17) is 5.73 Å². The Morgan fingerprint density at radius 1 is 1.73 bits per heavy atom. The summed E-state index contributed by atoms with van der Waals surface area (Å²) in [5.74, 6) is -0.427. The first kappa shape index (κ1) is 9.75. The number of methoxy groups -OCH3 is 1. The third-order valence-electron chi connectivity index (χ3n) is 1.01. The molecular weight excluding hydrogens is 142 g/mol. The number of carbonyl (C=O) groups excluding carboxylic acids is 1. The van der Waals surface area contributed by atoms with Crippen molar-refractivity contribution in [3.8, 4) is 0 Å². The molecule has 0 saturated heterocycles. The Kier molecular flexibility index (Phi) is 4.03. The smallest absolute Gasteiger partial charge is 0.332 e. The number of ether oxygens (including phenoxy) is 1. The zero-order valence-corrected chi connectivity index (χ0v) is 6.89. The first-order chi connectivity index (χ1) is 5.06. The molecule has 0 spiro atoms. The normalized spacial score (nSPS) is 10.9. The van der Waals surface area contributed by atoms with Gasteiger partial charge in [-0.1, -0.05) is 12.2 Å². The van der Waals surface area contributed by atoms with Gasteiger partial charge in [-0.05, 0) is 6.92 Å². The van der Waals surface area contributed by atoms with Crippen LogP contribution in [-0.2, 0) is 9.53 Å². The fourth-order valence-corrected chi connectivity index (χ4v) is 0.610. The molecule has 0 atom stereocenters. The van der Waals surface area contributed by atoms with Crippen molar-refractivity contribution in [1.82, 2.24) is 0 Å². The van der Waals surface area contributed by atoms with Crippen LogP contribution in [0.5, 0.6) is 0 Å². The topological polar surface area (TPSA) is 52.3 Å². The van der Waals surface area contributed by atoms with Gasteiger partial charge in [-0.25, -0.2) is 4.79 Å². The van der Waals surface area contributed by atoms with Crippen LogP contribution in [0.1, 0.15) is 13.3 Å². The van der Waals surface area contributed by atoms with E-state index in [1.54, 1.807) is 0 Å². The van der Waals surface area contributed by atoms with Gasteiger partial charge in [0, 0.05) is 18.2 Å². The number of rotatable bonds is 3. The lowest BCUT2D eigenvalue weighted by atomic mass is 10.2. The average molecular weight is 155 g/mol. The van der Waals surface area contributed by atoms with Crippen molar-refractivity contribution < 1.29 is 9.53 Å². The third-order valence-corrected chi connectivity index (χ3v) is 1.01. The standard InChI is InChI=1S/C8H13NO2/c1-6(2)4-7(9)5-8(10)11-3/h5H,1,4,9H2,2-3H3/b7-5-. The highest BCUT2D eigenvalue weighted by Crippen LogP contribution is 2.02. The summed E-state index contributed by atoms with van der Waals surface area (Å²) < 4.78 is 4.38. The van der Waals surface area contributed by atoms with Crippen LogP contribution in [0, 0.1) is 0 Å². The SMILES string of the molecule is C=C(C)C/C(N)=C/C(=O)OC. The highest BCUT2D eigenvalue weighted by molar-refractivity contribution is 5.82. The van der Waals surface area contributed by atoms with E-state index in [-0.39, 0.29) is 0 Å². The molecule has 0 aromatic carbocycles. The second kappa shape index (κ2) is 4.55. The van der Waals surface area contributed by atoms with Crippen molar-refractivity contribution in [3.05, 3.63) is 23.9 Å². The molecule has 0 amide bonds. The van der Waals surface area contributed by atoms with E-state index >= 15 is 0 Å². The van der Waals surface area contributed by atoms with E-state index in [0.29, 0.717) is 12.1 Å². The minimum absolute atomic E-state index is 0.427. The summed E-state index contributed by atoms with van der Waals surface area (Å²) in [4.78, 5) is 10.6. The monoisotopic (exact) mass is 155 g/mol. The molecule has 0 aromatic heterocycles. The summed E-state index contributed by atoms with van der Waals surface area (Å²) in [6.07, 6.45) is 1.80. The molecule has 0 saturated carbocycles. The highest BCUT2D eigenvalue weighted by Gasteiger charge is 1.96. The van der Waals surface area contributed by atoms with Gasteiger partial charge in [0.15, 0.2) is 0 Å². The summed E-state index contributed by atoms with van der Waals surface area (Å²) in [5, 5.41) is 0. The number of nitrogens with two attached hydrogens (primary N) is 1. The molecule has 0 aliphatic carbocycles. The van der Waals surface area contributed by atoms with Crippen LogP contribution < -0.4 is 5.73 Å². The molecule has 0 aromatic rings. The zero-order valence-electron chi connectivity index (χ0n) is 6.89. The molecule has 62 valence electrons. The van der Waals surface area contributed by atoms with Gasteiger partial charge in [0.2, 0.25) is 0 Å². The molecular formula is C8H13NO2. The number of carbonyl (C=O) groups is 1. The van der Waals surface area contributed by atoms with Crippen molar-refractivity contribution in [2.75, 3.05) is 7.11 Å². The van der Waals surface area contributed by atoms with E-state index in [1.807, 2.05) is 6.92 Å². The van der Waals surface area contributed by atoms with Gasteiger partial charge in [0.1, 0.15) is 0 Å². The van der Waals surface area contributed by atoms with Crippen LogP contribution in [0.3, 0.4) is 0 Å². The number of hydrogen-bond acceptors (Lipinski definition) is 3. The number of esters is 1. The summed E-state index contributed by atoms with van der Waals surface area (Å²) in [6, 6.07) is 0. The van der Waals surface area contributed by atoms with E-state index < -0.39 is 5.97 Å². The number of hydrogen-bond donors (Lipinski definition) is 1. The van der Waals surface area contributed by atoms with Gasteiger partial charge < -0.3 is 10.5 Å². The van der Waals surface area contributed by atoms with Crippen molar-refractivity contribution >= 4 is 5.97 Å². The lowest BCUT2D eigenvalue weighted by Crippen LogP contribution is -2.03. The Balaban J connectivity index is 4.00. The maximum Gasteiger partial charge on any atom is 0.332 e. The van der Waals surface area contributed by atoms with E-state index in [2.05, 4.69) is 11.3 Å². The molecule has 2 N–H and O–H groups in total. The molecule has 11 heavy (non-hydrogen) atoms. The number of allylic oxidation sites excluding steroid dienone is 1. The minimum Gasteiger partial charge on any atom is -0.466 e. The summed E-state index contributed by atoms with van der Waals surface area (Å²) in [6.45, 7) is 5.50. The zero-order chi connectivity index (χ0) is 8.85. The average Bonchev–Trinajstić information content (AvgIpc) is 1.85. The molecule has 0 bridgehead atoms. The maximum atomic E-state index is 10.6. The van der Waals surface area contributed by atoms with Crippen LogP contribution in [0.2, 0.25) is 0 Å². The molecule has 0 rings (SSSR count). The van der Waals surface area contributed by atoms with Crippen LogP contribution in [0.4, 0.5) is 0 Å². The van der Waals surface area contributed by atoms with Crippen LogP contribution >= 0.6 is 0 Å². The molecule has 0 aliphatic heterocycles. The summed E-state index contributed by atoms with van der Waals surface area (Å²) in [5.41, 5.74) is 6.85. The largest absolute Gasteiger partial charge is 0.466 e. The fourth-order valence-electron chi connectivity index (χ4n) is 0.610. The Labute approximate surface area is 66.5 Å². The highest BCUT2D eigenvalue weighted by atomic mass is 16.5. The van der Waals surface area contributed by atoms with E-state index in [9.17, 15) is 4.79 Å². The van der Waals surface area contributed by atoms with Gasteiger partial charge in [-0.2, -0.15) is 0 Å². The molecule has 0 unspecified atom stereocenters. The predicted molar refractivity (Wildman–Crippen MR) is 43.7 cm³/mol. The Morgan fingerprint density at radius 3 is 2.64 bits per heavy atom. The Morgan fingerprint density at radius 2 is 2.27 bits per heavy atom. The van der Waals surface area contributed by atoms with Crippen molar-refractivity contribution in [2.24, 2.45) is 5.73 Å². The first-order valence-corrected chi connectivity index (χ1v) is 3.24. The van der Waals surface area contributed by atoms with Gasteiger partial charge in [0.25, 0.3) is 0 Å². The molecule has 3 nitrogen and oxygen atoms in total. The van der Waals surface area contributed by atoms with E-state index in [1.165, 1.54) is 13.2 Å². The molecule has 0 fully saturated rings. The summed E-state index contributed by atoms with van der Waals surface area (Å²) in [7, 11) is 1.31. The van der Waals surface area contributed by atoms with Crippen LogP contribution in [0.25, 0.3) is 0 Å². The minimum atomic E-state index is -0.427. The predicted octanol–water partition coefficient (Wildman–Crippen LogP) is 0.968. The van der Waals surface area contributed by atoms with Gasteiger partial charge in [-0.3, -0.25) is 0 Å².